The van der Waals surface area contributed by atoms with E-state index in [1.807, 2.05) is 30.3 Å². The number of nitrogens with two attached hydrogens (primary N) is 1. The van der Waals surface area contributed by atoms with Gasteiger partial charge in [0.2, 0.25) is 5.91 Å². The summed E-state index contributed by atoms with van der Waals surface area (Å²) in [6, 6.07) is 9.96. The number of primary amides is 1. The van der Waals surface area contributed by atoms with Gasteiger partial charge in [-0.15, -0.1) is 0 Å². The van der Waals surface area contributed by atoms with E-state index < -0.39 is 11.4 Å². The number of benzene rings is 1. The van der Waals surface area contributed by atoms with Crippen LogP contribution in [0.15, 0.2) is 30.3 Å². The van der Waals surface area contributed by atoms with E-state index in [2.05, 4.69) is 6.92 Å². The van der Waals surface area contributed by atoms with E-state index in [4.69, 9.17) is 11.5 Å². The van der Waals surface area contributed by atoms with E-state index in [0.29, 0.717) is 12.8 Å². The van der Waals surface area contributed by atoms with Crippen molar-refractivity contribution in [2.45, 2.75) is 51.0 Å². The minimum atomic E-state index is -1.11. The maximum atomic E-state index is 11.5. The van der Waals surface area contributed by atoms with Gasteiger partial charge in [0.15, 0.2) is 0 Å². The zero-order valence-corrected chi connectivity index (χ0v) is 16.4. The first-order valence-corrected chi connectivity index (χ1v) is 6.67. The van der Waals surface area contributed by atoms with E-state index in [0.717, 1.165) is 31.2 Å². The molecule has 103 valence electrons. The molecule has 1 amide bonds. The van der Waals surface area contributed by atoms with Gasteiger partial charge in [-0.2, -0.15) is 0 Å². The van der Waals surface area contributed by atoms with Crippen LogP contribution in [0.4, 0.5) is 0 Å². The maximum absolute atomic E-state index is 11.5. The third kappa shape index (κ3) is 6.88. The Kier molecular flexibility index (Phi) is 9.96. The molecule has 0 aromatic heterocycles. The van der Waals surface area contributed by atoms with Crippen LogP contribution in [0.25, 0.3) is 5.73 Å². The number of nitrogens with one attached hydrogen (secondary N) is 1. The van der Waals surface area contributed by atoms with Crippen molar-refractivity contribution in [3.8, 4) is 0 Å². The number of aryl methyl sites for hydroxylation is 1. The summed E-state index contributed by atoms with van der Waals surface area (Å²) < 4.78 is 0. The predicted molar refractivity (Wildman–Crippen MR) is 75.2 cm³/mol. The van der Waals surface area contributed by atoms with Gasteiger partial charge in [0.1, 0.15) is 0 Å². The average molecular weight is 474 g/mol. The molecule has 0 spiro atoms. The van der Waals surface area contributed by atoms with Gasteiger partial charge < -0.3 is 11.5 Å². The van der Waals surface area contributed by atoms with Crippen molar-refractivity contribution >= 4 is 5.91 Å². The van der Waals surface area contributed by atoms with Crippen molar-refractivity contribution in [2.24, 2.45) is 5.73 Å². The fraction of sp³-hybridized carbons (Fsp3) is 0.533. The van der Waals surface area contributed by atoms with Crippen LogP contribution in [0.1, 0.15) is 44.6 Å². The van der Waals surface area contributed by atoms with Crippen molar-refractivity contribution in [2.75, 3.05) is 0 Å². The second-order valence-electron chi connectivity index (χ2n) is 4.89. The molecule has 1 radical (unpaired) electrons. The molecule has 0 aliphatic rings. The van der Waals surface area contributed by atoms with Crippen LogP contribution in [0, 0.1) is 44.1 Å². The fourth-order valence-electron chi connectivity index (χ4n) is 2.05. The Bertz CT molecular complexity index is 370. The van der Waals surface area contributed by atoms with E-state index in [1.54, 1.807) is 0 Å². The first-order chi connectivity index (χ1) is 8.58. The molecule has 0 aliphatic carbocycles. The van der Waals surface area contributed by atoms with E-state index in [-0.39, 0.29) is 44.1 Å². The summed E-state index contributed by atoms with van der Waals surface area (Å²) >= 11 is 0. The van der Waals surface area contributed by atoms with Crippen LogP contribution < -0.4 is 5.73 Å². The molecule has 3 N–H and O–H groups in total. The third-order valence-electron chi connectivity index (χ3n) is 3.36. The summed E-state index contributed by atoms with van der Waals surface area (Å²) in [6.07, 6.45) is 4.86. The summed E-state index contributed by atoms with van der Waals surface area (Å²) in [5.74, 6) is -0.491. The minimum absolute atomic E-state index is 0. The van der Waals surface area contributed by atoms with Gasteiger partial charge in [-0.1, -0.05) is 69.4 Å². The van der Waals surface area contributed by atoms with Crippen LogP contribution in [0.3, 0.4) is 0 Å². The summed E-state index contributed by atoms with van der Waals surface area (Å²) in [6.45, 7) is 2.11. The fourth-order valence-corrected chi connectivity index (χ4v) is 2.05. The van der Waals surface area contributed by atoms with Crippen LogP contribution in [-0.2, 0) is 11.2 Å². The van der Waals surface area contributed by atoms with E-state index in [1.165, 1.54) is 0 Å². The normalized spacial score (nSPS) is 13.4. The molecule has 0 aliphatic heterocycles. The molecule has 1 atom stereocenters. The second kappa shape index (κ2) is 9.91. The number of rotatable bonds is 8. The molecule has 0 saturated carbocycles. The number of carbonyl (C=O) groups is 1. The largest absolute Gasteiger partial charge is 0.664 e. The number of hydrogen-bond donors (Lipinski definition) is 1. The Morgan fingerprint density at radius 2 is 1.84 bits per heavy atom. The second-order valence-corrected chi connectivity index (χ2v) is 4.89. The zero-order valence-electron chi connectivity index (χ0n) is 11.7. The molecule has 0 heterocycles. The van der Waals surface area contributed by atoms with Crippen LogP contribution in [0.5, 0.6) is 0 Å². The van der Waals surface area contributed by atoms with E-state index >= 15 is 0 Å². The van der Waals surface area contributed by atoms with Crippen molar-refractivity contribution in [1.29, 1.82) is 0 Å². The van der Waals surface area contributed by atoms with E-state index in [9.17, 15) is 4.79 Å². The molecule has 3 nitrogen and oxygen atoms in total. The van der Waals surface area contributed by atoms with Crippen LogP contribution >= 0.6 is 0 Å². The number of amides is 1. The summed E-state index contributed by atoms with van der Waals surface area (Å²) in [4.78, 5) is 11.5. The van der Waals surface area contributed by atoms with Gasteiger partial charge in [-0.05, 0) is 17.5 Å². The van der Waals surface area contributed by atoms with Crippen molar-refractivity contribution in [3.05, 3.63) is 41.6 Å². The van der Waals surface area contributed by atoms with Gasteiger partial charge in [-0.3, -0.25) is 4.79 Å². The van der Waals surface area contributed by atoms with Gasteiger partial charge in [0.25, 0.3) is 0 Å². The third-order valence-corrected chi connectivity index (χ3v) is 3.36. The summed E-state index contributed by atoms with van der Waals surface area (Å²) in [7, 11) is 0. The molecular weight excluding hydrogens is 451 g/mol. The smallest absolute Gasteiger partial charge is 0.202 e. The number of carbonyl (C=O) groups excluding carboxylic acids is 1. The van der Waals surface area contributed by atoms with Gasteiger partial charge in [0, 0.05) is 44.1 Å². The molecule has 1 rings (SSSR count). The molecule has 1 aromatic rings. The van der Waals surface area contributed by atoms with Crippen molar-refractivity contribution < 1.29 is 48.9 Å². The zero-order chi connectivity index (χ0) is 13.4. The standard InChI is InChI=1S/C15H23N2O.Ac/c1-2-3-7-11-15(17,14(16)18)12-10-13-8-5-4-6-9-13;/h4-6,8-9,17H,2-3,7,10-12H2,1H3,(H2,16,18);/q-1;. The predicted octanol–water partition coefficient (Wildman–Crippen LogP) is 3.48. The Morgan fingerprint density at radius 1 is 1.21 bits per heavy atom. The molecule has 0 bridgehead atoms. The van der Waals surface area contributed by atoms with Crippen molar-refractivity contribution in [1.82, 2.24) is 0 Å². The Balaban J connectivity index is 0.00000324. The van der Waals surface area contributed by atoms with Crippen LogP contribution in [0.2, 0.25) is 0 Å². The first-order valence-electron chi connectivity index (χ1n) is 6.67. The average Bonchev–Trinajstić information content (AvgIpc) is 2.38. The number of hydrogen-bond acceptors (Lipinski definition) is 1. The van der Waals surface area contributed by atoms with Gasteiger partial charge >= 0.3 is 0 Å². The minimum Gasteiger partial charge on any atom is -0.664 e. The van der Waals surface area contributed by atoms with Crippen molar-refractivity contribution in [3.63, 3.8) is 0 Å². The molecular formula is C15H23AcN2O-. The molecule has 1 unspecified atom stereocenters. The van der Waals surface area contributed by atoms with Gasteiger partial charge in [-0.25, -0.2) is 0 Å². The summed E-state index contributed by atoms with van der Waals surface area (Å²) in [5, 5.41) is 0. The van der Waals surface area contributed by atoms with Crippen LogP contribution in [-0.4, -0.2) is 11.4 Å². The first kappa shape index (κ1) is 19.1. The molecule has 0 saturated heterocycles. The Morgan fingerprint density at radius 3 is 2.37 bits per heavy atom. The summed E-state index contributed by atoms with van der Waals surface area (Å²) in [5.41, 5.74) is 13.7. The molecule has 4 heteroatoms. The number of unbranched alkanes of at least 4 members (excludes halogenated alkanes) is 2. The SMILES string of the molecule is CCCCCC([NH-])(CCc1ccccc1)C(N)=O.[Ac]. The Labute approximate surface area is 152 Å². The molecule has 1 aromatic carbocycles. The topological polar surface area (TPSA) is 66.9 Å². The quantitative estimate of drug-likeness (QED) is 0.577. The Hall–Kier alpha value is 0.0916. The maximum Gasteiger partial charge on any atom is 0.202 e. The monoisotopic (exact) mass is 474 g/mol. The van der Waals surface area contributed by atoms with Gasteiger partial charge in [0.05, 0.1) is 0 Å². The molecule has 0 fully saturated rings. The molecule has 19 heavy (non-hydrogen) atoms.